The number of fused-ring (bicyclic) bond motifs is 1. The van der Waals surface area contributed by atoms with Crippen LogP contribution in [0.2, 0.25) is 0 Å². The Morgan fingerprint density at radius 3 is 3.05 bits per heavy atom. The van der Waals surface area contributed by atoms with E-state index in [1.165, 1.54) is 0 Å². The number of benzene rings is 1. The molecule has 20 heavy (non-hydrogen) atoms. The molecule has 0 radical (unpaired) electrons. The van der Waals surface area contributed by atoms with Crippen LogP contribution in [0.25, 0.3) is 11.0 Å². The van der Waals surface area contributed by atoms with E-state index in [1.54, 1.807) is 17.4 Å². The standard InChI is InChI=1S/C14H12N4S2/c1-9-16-11(8-20-9)5-6-18-12-4-2-3-10(7-15)13(12)17-14(18)19/h2-4,8H,5-6H2,1H3,(H,17,19). The number of hydrogen-bond donors (Lipinski definition) is 1. The van der Waals surface area contributed by atoms with E-state index in [2.05, 4.69) is 21.4 Å². The van der Waals surface area contributed by atoms with E-state index in [0.717, 1.165) is 34.7 Å². The number of imidazole rings is 1. The van der Waals surface area contributed by atoms with Gasteiger partial charge in [0.15, 0.2) is 4.77 Å². The monoisotopic (exact) mass is 300 g/mol. The van der Waals surface area contributed by atoms with Gasteiger partial charge >= 0.3 is 0 Å². The SMILES string of the molecule is Cc1nc(CCn2c(=S)[nH]c3c(C#N)cccc32)cs1. The van der Waals surface area contributed by atoms with E-state index in [4.69, 9.17) is 17.5 Å². The van der Waals surface area contributed by atoms with E-state index < -0.39 is 0 Å². The largest absolute Gasteiger partial charge is 0.329 e. The lowest BCUT2D eigenvalue weighted by Crippen LogP contribution is -2.01. The molecule has 4 nitrogen and oxygen atoms in total. The van der Waals surface area contributed by atoms with Gasteiger partial charge < -0.3 is 9.55 Å². The van der Waals surface area contributed by atoms with Gasteiger partial charge in [0.2, 0.25) is 0 Å². The third-order valence-electron chi connectivity index (χ3n) is 3.19. The molecule has 3 aromatic rings. The zero-order valence-corrected chi connectivity index (χ0v) is 12.5. The van der Waals surface area contributed by atoms with Gasteiger partial charge in [0.05, 0.1) is 27.3 Å². The Bertz CT molecular complexity index is 863. The van der Waals surface area contributed by atoms with Crippen molar-refractivity contribution in [3.63, 3.8) is 0 Å². The Balaban J connectivity index is 1.98. The lowest BCUT2D eigenvalue weighted by atomic mass is 10.2. The van der Waals surface area contributed by atoms with Gasteiger partial charge in [0, 0.05) is 18.3 Å². The summed E-state index contributed by atoms with van der Waals surface area (Å²) in [5.74, 6) is 0. The Hall–Kier alpha value is -1.97. The summed E-state index contributed by atoms with van der Waals surface area (Å²) in [5, 5.41) is 12.3. The third kappa shape index (κ3) is 2.26. The molecule has 3 rings (SSSR count). The fourth-order valence-corrected chi connectivity index (χ4v) is 3.18. The van der Waals surface area contributed by atoms with Gasteiger partial charge in [-0.3, -0.25) is 0 Å². The molecule has 0 saturated carbocycles. The molecule has 0 unspecified atom stereocenters. The normalized spacial score (nSPS) is 10.8. The third-order valence-corrected chi connectivity index (χ3v) is 4.33. The number of nitrogens with one attached hydrogen (secondary N) is 1. The molecule has 0 aliphatic carbocycles. The van der Waals surface area contributed by atoms with Crippen LogP contribution in [0.4, 0.5) is 0 Å². The molecular formula is C14H12N4S2. The first-order chi connectivity index (χ1) is 9.69. The summed E-state index contributed by atoms with van der Waals surface area (Å²) in [6.07, 6.45) is 0.836. The van der Waals surface area contributed by atoms with Gasteiger partial charge in [-0.25, -0.2) is 4.98 Å². The quantitative estimate of drug-likeness (QED) is 0.752. The molecule has 0 aliphatic heterocycles. The van der Waals surface area contributed by atoms with Crippen molar-refractivity contribution in [3.05, 3.63) is 44.6 Å². The first-order valence-corrected chi connectivity index (χ1v) is 7.50. The molecule has 0 amide bonds. The van der Waals surface area contributed by atoms with Gasteiger partial charge in [-0.15, -0.1) is 11.3 Å². The fraction of sp³-hybridized carbons (Fsp3) is 0.214. The van der Waals surface area contributed by atoms with Crippen molar-refractivity contribution in [2.75, 3.05) is 0 Å². The maximum Gasteiger partial charge on any atom is 0.178 e. The smallest absolute Gasteiger partial charge is 0.178 e. The summed E-state index contributed by atoms with van der Waals surface area (Å²) < 4.78 is 2.68. The van der Waals surface area contributed by atoms with Crippen molar-refractivity contribution in [3.8, 4) is 6.07 Å². The molecule has 0 aliphatic rings. The summed E-state index contributed by atoms with van der Waals surface area (Å²) in [4.78, 5) is 7.59. The number of aryl methyl sites for hydroxylation is 3. The molecular weight excluding hydrogens is 288 g/mol. The minimum atomic E-state index is 0.622. The minimum absolute atomic E-state index is 0.622. The van der Waals surface area contributed by atoms with Gasteiger partial charge in [0.25, 0.3) is 0 Å². The molecule has 6 heteroatoms. The highest BCUT2D eigenvalue weighted by atomic mass is 32.1. The maximum atomic E-state index is 9.12. The van der Waals surface area contributed by atoms with Crippen molar-refractivity contribution in [2.45, 2.75) is 19.9 Å². The van der Waals surface area contributed by atoms with Crippen molar-refractivity contribution in [2.24, 2.45) is 0 Å². The van der Waals surface area contributed by atoms with E-state index in [9.17, 15) is 0 Å². The first kappa shape index (κ1) is 13.0. The van der Waals surface area contributed by atoms with Crippen LogP contribution in [0.15, 0.2) is 23.6 Å². The van der Waals surface area contributed by atoms with Crippen molar-refractivity contribution >= 4 is 34.6 Å². The average molecular weight is 300 g/mol. The number of rotatable bonds is 3. The van der Waals surface area contributed by atoms with E-state index in [-0.39, 0.29) is 0 Å². The second-order valence-electron chi connectivity index (χ2n) is 4.50. The van der Waals surface area contributed by atoms with Crippen LogP contribution in [0.1, 0.15) is 16.3 Å². The summed E-state index contributed by atoms with van der Waals surface area (Å²) >= 11 is 7.02. The fourth-order valence-electron chi connectivity index (χ4n) is 2.24. The van der Waals surface area contributed by atoms with Crippen LogP contribution in [0.5, 0.6) is 0 Å². The zero-order valence-electron chi connectivity index (χ0n) is 10.9. The summed E-state index contributed by atoms with van der Waals surface area (Å²) in [7, 11) is 0. The van der Waals surface area contributed by atoms with Crippen LogP contribution >= 0.6 is 23.6 Å². The molecule has 1 N–H and O–H groups in total. The summed E-state index contributed by atoms with van der Waals surface area (Å²) in [6.45, 7) is 2.77. The van der Waals surface area contributed by atoms with Crippen molar-refractivity contribution in [1.82, 2.24) is 14.5 Å². The van der Waals surface area contributed by atoms with Crippen molar-refractivity contribution < 1.29 is 0 Å². The molecule has 0 atom stereocenters. The average Bonchev–Trinajstić information content (AvgIpc) is 2.99. The molecule has 0 saturated heterocycles. The Labute approximate surface area is 125 Å². The number of hydrogen-bond acceptors (Lipinski definition) is 4. The molecule has 0 bridgehead atoms. The van der Waals surface area contributed by atoms with Gasteiger partial charge in [-0.2, -0.15) is 5.26 Å². The van der Waals surface area contributed by atoms with Crippen LogP contribution in [0, 0.1) is 23.0 Å². The maximum absolute atomic E-state index is 9.12. The number of para-hydroxylation sites is 1. The topological polar surface area (TPSA) is 57.4 Å². The second-order valence-corrected chi connectivity index (χ2v) is 5.95. The van der Waals surface area contributed by atoms with Gasteiger partial charge in [-0.1, -0.05) is 6.07 Å². The Morgan fingerprint density at radius 1 is 1.50 bits per heavy atom. The Morgan fingerprint density at radius 2 is 2.35 bits per heavy atom. The number of nitrogens with zero attached hydrogens (tertiary/aromatic N) is 3. The highest BCUT2D eigenvalue weighted by molar-refractivity contribution is 7.71. The van der Waals surface area contributed by atoms with E-state index in [1.807, 2.05) is 23.6 Å². The number of thiazole rings is 1. The predicted molar refractivity (Wildman–Crippen MR) is 82.4 cm³/mol. The zero-order chi connectivity index (χ0) is 14.1. The van der Waals surface area contributed by atoms with E-state index >= 15 is 0 Å². The molecule has 0 fully saturated rings. The van der Waals surface area contributed by atoms with Crippen molar-refractivity contribution in [1.29, 1.82) is 5.26 Å². The Kier molecular flexibility index (Phi) is 3.38. The highest BCUT2D eigenvalue weighted by Gasteiger charge is 2.08. The van der Waals surface area contributed by atoms with Crippen LogP contribution in [-0.2, 0) is 13.0 Å². The number of aromatic amines is 1. The number of H-pyrrole nitrogens is 1. The lowest BCUT2D eigenvalue weighted by molar-refractivity contribution is 0.697. The highest BCUT2D eigenvalue weighted by Crippen LogP contribution is 2.19. The number of nitriles is 1. The summed E-state index contributed by atoms with van der Waals surface area (Å²) in [6, 6.07) is 7.84. The lowest BCUT2D eigenvalue weighted by Gasteiger charge is -2.03. The second kappa shape index (κ2) is 5.19. The molecule has 100 valence electrons. The van der Waals surface area contributed by atoms with Crippen LogP contribution < -0.4 is 0 Å². The summed E-state index contributed by atoms with van der Waals surface area (Å²) in [5.41, 5.74) is 3.49. The first-order valence-electron chi connectivity index (χ1n) is 6.21. The predicted octanol–water partition coefficient (Wildman–Crippen LogP) is 3.58. The van der Waals surface area contributed by atoms with Crippen LogP contribution in [0.3, 0.4) is 0 Å². The van der Waals surface area contributed by atoms with Crippen LogP contribution in [-0.4, -0.2) is 14.5 Å². The minimum Gasteiger partial charge on any atom is -0.329 e. The van der Waals surface area contributed by atoms with E-state index in [0.29, 0.717) is 10.3 Å². The van der Waals surface area contributed by atoms with Gasteiger partial charge in [0.1, 0.15) is 6.07 Å². The molecule has 0 spiro atoms. The molecule has 2 heterocycles. The molecule has 2 aromatic heterocycles. The number of aromatic nitrogens is 3. The molecule has 1 aromatic carbocycles. The van der Waals surface area contributed by atoms with Gasteiger partial charge in [-0.05, 0) is 31.3 Å².